The Balaban J connectivity index is 1.83. The Morgan fingerprint density at radius 3 is 2.82 bits per heavy atom. The highest BCUT2D eigenvalue weighted by Gasteiger charge is 2.06. The van der Waals surface area contributed by atoms with Crippen LogP contribution < -0.4 is 5.73 Å². The molecule has 0 saturated carbocycles. The third-order valence-electron chi connectivity index (χ3n) is 2.73. The van der Waals surface area contributed by atoms with E-state index in [-0.39, 0.29) is 6.04 Å². The fourth-order valence-corrected chi connectivity index (χ4v) is 2.30. The molecule has 2 N–H and O–H groups in total. The van der Waals surface area contributed by atoms with Gasteiger partial charge in [-0.1, -0.05) is 28.1 Å². The van der Waals surface area contributed by atoms with Crippen molar-refractivity contribution >= 4 is 15.9 Å². The molecule has 2 rings (SSSR count). The summed E-state index contributed by atoms with van der Waals surface area (Å²) in [6.45, 7) is 0. The standard InChI is InChI=1S/C14H16BrNO/c15-12-4-1-3-11(9-12)10-13(16)6-7-14-5-2-8-17-14/h1-5,8-9,13H,6-7,10,16H2. The lowest BCUT2D eigenvalue weighted by Gasteiger charge is -2.10. The van der Waals surface area contributed by atoms with Gasteiger partial charge >= 0.3 is 0 Å². The number of rotatable bonds is 5. The first kappa shape index (κ1) is 12.4. The molecule has 17 heavy (non-hydrogen) atoms. The van der Waals surface area contributed by atoms with Gasteiger partial charge in [0.15, 0.2) is 0 Å². The summed E-state index contributed by atoms with van der Waals surface area (Å²) in [5.74, 6) is 1.01. The summed E-state index contributed by atoms with van der Waals surface area (Å²) in [5, 5.41) is 0. The van der Waals surface area contributed by atoms with Gasteiger partial charge in [-0.3, -0.25) is 0 Å². The van der Waals surface area contributed by atoms with Crippen LogP contribution in [0.1, 0.15) is 17.7 Å². The normalized spacial score (nSPS) is 12.6. The van der Waals surface area contributed by atoms with Gasteiger partial charge in [0.1, 0.15) is 5.76 Å². The van der Waals surface area contributed by atoms with Gasteiger partial charge in [-0.05, 0) is 42.7 Å². The van der Waals surface area contributed by atoms with E-state index in [1.54, 1.807) is 6.26 Å². The summed E-state index contributed by atoms with van der Waals surface area (Å²) in [6.07, 6.45) is 4.46. The lowest BCUT2D eigenvalue weighted by molar-refractivity contribution is 0.484. The average Bonchev–Trinajstić information content (AvgIpc) is 2.79. The van der Waals surface area contributed by atoms with Crippen molar-refractivity contribution in [3.8, 4) is 0 Å². The SMILES string of the molecule is NC(CCc1ccco1)Cc1cccc(Br)c1. The van der Waals surface area contributed by atoms with Crippen LogP contribution in [-0.2, 0) is 12.8 Å². The minimum Gasteiger partial charge on any atom is -0.469 e. The Kier molecular flexibility index (Phi) is 4.40. The van der Waals surface area contributed by atoms with Gasteiger partial charge < -0.3 is 10.2 Å². The van der Waals surface area contributed by atoms with Crippen molar-refractivity contribution in [1.29, 1.82) is 0 Å². The van der Waals surface area contributed by atoms with E-state index in [1.165, 1.54) is 5.56 Å². The maximum absolute atomic E-state index is 6.12. The Morgan fingerprint density at radius 1 is 1.24 bits per heavy atom. The van der Waals surface area contributed by atoms with E-state index < -0.39 is 0 Å². The van der Waals surface area contributed by atoms with E-state index in [9.17, 15) is 0 Å². The van der Waals surface area contributed by atoms with Crippen LogP contribution in [0.4, 0.5) is 0 Å². The second-order valence-corrected chi connectivity index (χ2v) is 5.13. The number of halogens is 1. The van der Waals surface area contributed by atoms with Gasteiger partial charge in [-0.15, -0.1) is 0 Å². The topological polar surface area (TPSA) is 39.2 Å². The average molecular weight is 294 g/mol. The van der Waals surface area contributed by atoms with E-state index in [0.29, 0.717) is 0 Å². The fraction of sp³-hybridized carbons (Fsp3) is 0.286. The smallest absolute Gasteiger partial charge is 0.103 e. The lowest BCUT2D eigenvalue weighted by atomic mass is 10.0. The zero-order valence-electron chi connectivity index (χ0n) is 9.60. The Labute approximate surface area is 110 Å². The third kappa shape index (κ3) is 4.02. The van der Waals surface area contributed by atoms with E-state index in [2.05, 4.69) is 28.1 Å². The maximum atomic E-state index is 6.12. The Morgan fingerprint density at radius 2 is 2.12 bits per heavy atom. The Bertz CT molecular complexity index is 453. The lowest BCUT2D eigenvalue weighted by Crippen LogP contribution is -2.23. The molecule has 0 aliphatic heterocycles. The van der Waals surface area contributed by atoms with Crippen molar-refractivity contribution in [2.24, 2.45) is 5.73 Å². The molecule has 0 saturated heterocycles. The van der Waals surface area contributed by atoms with E-state index >= 15 is 0 Å². The molecule has 1 aromatic carbocycles. The molecule has 2 aromatic rings. The molecule has 0 amide bonds. The van der Waals surface area contributed by atoms with Crippen LogP contribution in [0.25, 0.3) is 0 Å². The molecule has 0 fully saturated rings. The van der Waals surface area contributed by atoms with Crippen molar-refractivity contribution in [3.63, 3.8) is 0 Å². The molecule has 1 heterocycles. The molecule has 1 aromatic heterocycles. The number of aryl methyl sites for hydroxylation is 1. The van der Waals surface area contributed by atoms with Crippen LogP contribution in [0.3, 0.4) is 0 Å². The predicted molar refractivity (Wildman–Crippen MR) is 72.9 cm³/mol. The second kappa shape index (κ2) is 6.03. The zero-order chi connectivity index (χ0) is 12.1. The van der Waals surface area contributed by atoms with Crippen LogP contribution in [0.2, 0.25) is 0 Å². The maximum Gasteiger partial charge on any atom is 0.103 e. The van der Waals surface area contributed by atoms with Gasteiger partial charge in [0, 0.05) is 16.9 Å². The van der Waals surface area contributed by atoms with E-state index in [4.69, 9.17) is 10.2 Å². The second-order valence-electron chi connectivity index (χ2n) is 4.21. The summed E-state index contributed by atoms with van der Waals surface area (Å²) < 4.78 is 6.40. The first-order chi connectivity index (χ1) is 8.24. The zero-order valence-corrected chi connectivity index (χ0v) is 11.2. The van der Waals surface area contributed by atoms with E-state index in [1.807, 2.05) is 24.3 Å². The number of hydrogen-bond acceptors (Lipinski definition) is 2. The molecule has 0 bridgehead atoms. The number of nitrogens with two attached hydrogens (primary N) is 1. The molecule has 1 unspecified atom stereocenters. The number of benzene rings is 1. The first-order valence-electron chi connectivity index (χ1n) is 5.76. The quantitative estimate of drug-likeness (QED) is 0.916. The van der Waals surface area contributed by atoms with Crippen LogP contribution in [0, 0.1) is 0 Å². The summed E-state index contributed by atoms with van der Waals surface area (Å²) in [7, 11) is 0. The monoisotopic (exact) mass is 293 g/mol. The molecule has 90 valence electrons. The van der Waals surface area contributed by atoms with Crippen LogP contribution in [0.15, 0.2) is 51.6 Å². The minimum absolute atomic E-state index is 0.175. The summed E-state index contributed by atoms with van der Waals surface area (Å²) in [5.41, 5.74) is 7.39. The van der Waals surface area contributed by atoms with Gasteiger partial charge in [0.25, 0.3) is 0 Å². The minimum atomic E-state index is 0.175. The van der Waals surface area contributed by atoms with Gasteiger partial charge in [0.05, 0.1) is 6.26 Å². The molecule has 3 heteroatoms. The van der Waals surface area contributed by atoms with Crippen molar-refractivity contribution in [1.82, 2.24) is 0 Å². The molecule has 0 aliphatic carbocycles. The van der Waals surface area contributed by atoms with Crippen LogP contribution in [0.5, 0.6) is 0 Å². The highest BCUT2D eigenvalue weighted by molar-refractivity contribution is 9.10. The molecule has 2 nitrogen and oxygen atoms in total. The molecular formula is C14H16BrNO. The highest BCUT2D eigenvalue weighted by atomic mass is 79.9. The van der Waals surface area contributed by atoms with E-state index in [0.717, 1.165) is 29.5 Å². The summed E-state index contributed by atoms with van der Waals surface area (Å²) in [4.78, 5) is 0. The summed E-state index contributed by atoms with van der Waals surface area (Å²) >= 11 is 3.47. The fourth-order valence-electron chi connectivity index (χ4n) is 1.85. The predicted octanol–water partition coefficient (Wildman–Crippen LogP) is 3.54. The van der Waals surface area contributed by atoms with Gasteiger partial charge in [-0.2, -0.15) is 0 Å². The largest absolute Gasteiger partial charge is 0.469 e. The highest BCUT2D eigenvalue weighted by Crippen LogP contribution is 2.14. The molecular weight excluding hydrogens is 278 g/mol. The molecule has 0 spiro atoms. The first-order valence-corrected chi connectivity index (χ1v) is 6.56. The van der Waals surface area contributed by atoms with Crippen LogP contribution >= 0.6 is 15.9 Å². The Hall–Kier alpha value is -1.06. The third-order valence-corrected chi connectivity index (χ3v) is 3.22. The van der Waals surface area contributed by atoms with Gasteiger partial charge in [-0.25, -0.2) is 0 Å². The molecule has 0 aliphatic rings. The number of furan rings is 1. The van der Waals surface area contributed by atoms with Crippen molar-refractivity contribution in [2.75, 3.05) is 0 Å². The molecule has 1 atom stereocenters. The van der Waals surface area contributed by atoms with Crippen molar-refractivity contribution in [2.45, 2.75) is 25.3 Å². The summed E-state index contributed by atoms with van der Waals surface area (Å²) in [6, 6.07) is 12.4. The number of hydrogen-bond donors (Lipinski definition) is 1. The molecule has 0 radical (unpaired) electrons. The van der Waals surface area contributed by atoms with Crippen molar-refractivity contribution in [3.05, 3.63) is 58.5 Å². The van der Waals surface area contributed by atoms with Gasteiger partial charge in [0.2, 0.25) is 0 Å². The van der Waals surface area contributed by atoms with Crippen molar-refractivity contribution < 1.29 is 4.42 Å². The van der Waals surface area contributed by atoms with Crippen LogP contribution in [-0.4, -0.2) is 6.04 Å².